The van der Waals surface area contributed by atoms with Crippen molar-refractivity contribution in [2.75, 3.05) is 0 Å². The summed E-state index contributed by atoms with van der Waals surface area (Å²) in [4.78, 5) is 26.3. The van der Waals surface area contributed by atoms with Crippen molar-refractivity contribution >= 4 is 11.8 Å². The van der Waals surface area contributed by atoms with Gasteiger partial charge < -0.3 is 19.7 Å². The molecule has 2 bridgehead atoms. The van der Waals surface area contributed by atoms with Crippen molar-refractivity contribution in [2.45, 2.75) is 105 Å². The van der Waals surface area contributed by atoms with Gasteiger partial charge in [-0.3, -0.25) is 9.59 Å². The third-order valence-electron chi connectivity index (χ3n) is 10.00. The zero-order valence-corrected chi connectivity index (χ0v) is 21.3. The first-order valence-electron chi connectivity index (χ1n) is 12.6. The van der Waals surface area contributed by atoms with Crippen LogP contribution in [0.1, 0.15) is 80.6 Å². The van der Waals surface area contributed by atoms with E-state index in [4.69, 9.17) is 9.47 Å². The van der Waals surface area contributed by atoms with Crippen LogP contribution in [-0.2, 0) is 19.1 Å². The standard InChI is InChI=1S/C27H42O6/c1-14-18-12-19(29)22-26(16(3)32-17(4)28)11-9-10-24(5,6)20(26)13-21(33-25(7,8)31)27(22,15(18)2)23(14)30/h15-16,18-22,29,31H,1,9-13H2,2-8H3/t15-,16+,18+,19?,20-,21-,22+,26+,27+/m1/s1. The van der Waals surface area contributed by atoms with Crippen LogP contribution in [0.4, 0.5) is 0 Å². The summed E-state index contributed by atoms with van der Waals surface area (Å²) in [5.41, 5.74) is -1.10. The van der Waals surface area contributed by atoms with E-state index in [0.29, 0.717) is 18.4 Å². The first kappa shape index (κ1) is 24.9. The molecule has 0 radical (unpaired) electrons. The average Bonchev–Trinajstić information content (AvgIpc) is 2.77. The molecule has 4 fully saturated rings. The molecule has 4 aliphatic carbocycles. The highest BCUT2D eigenvalue weighted by atomic mass is 16.6. The number of fused-ring (bicyclic) bond motifs is 3. The van der Waals surface area contributed by atoms with Gasteiger partial charge >= 0.3 is 5.97 Å². The zero-order valence-electron chi connectivity index (χ0n) is 21.3. The van der Waals surface area contributed by atoms with E-state index in [-0.39, 0.29) is 34.9 Å². The Kier molecular flexibility index (Phi) is 5.75. The highest BCUT2D eigenvalue weighted by Crippen LogP contribution is 2.74. The van der Waals surface area contributed by atoms with Crippen molar-refractivity contribution in [1.82, 2.24) is 0 Å². The van der Waals surface area contributed by atoms with Gasteiger partial charge in [-0.05, 0) is 75.2 Å². The minimum atomic E-state index is -1.42. The maximum absolute atomic E-state index is 14.1. The van der Waals surface area contributed by atoms with E-state index in [1.807, 2.05) is 6.92 Å². The number of rotatable bonds is 4. The smallest absolute Gasteiger partial charge is 0.302 e. The Hall–Kier alpha value is -1.24. The molecule has 0 aromatic rings. The summed E-state index contributed by atoms with van der Waals surface area (Å²) in [7, 11) is 0. The lowest BCUT2D eigenvalue weighted by Gasteiger charge is -2.69. The first-order valence-corrected chi connectivity index (χ1v) is 12.6. The molecule has 0 amide bonds. The van der Waals surface area contributed by atoms with Gasteiger partial charge in [-0.25, -0.2) is 0 Å². The van der Waals surface area contributed by atoms with E-state index < -0.39 is 40.8 Å². The van der Waals surface area contributed by atoms with Gasteiger partial charge in [0.2, 0.25) is 0 Å². The van der Waals surface area contributed by atoms with Gasteiger partial charge in [0.15, 0.2) is 11.6 Å². The van der Waals surface area contributed by atoms with Crippen LogP contribution in [0.2, 0.25) is 0 Å². The first-order chi connectivity index (χ1) is 15.1. The van der Waals surface area contributed by atoms with E-state index in [0.717, 1.165) is 19.3 Å². The van der Waals surface area contributed by atoms with Crippen LogP contribution in [0.3, 0.4) is 0 Å². The maximum Gasteiger partial charge on any atom is 0.302 e. The molecule has 6 heteroatoms. The molecule has 2 N–H and O–H groups in total. The van der Waals surface area contributed by atoms with Crippen LogP contribution in [-0.4, -0.2) is 46.1 Å². The van der Waals surface area contributed by atoms with E-state index in [9.17, 15) is 19.8 Å². The number of allylic oxidation sites excluding steroid dienone is 1. The molecule has 4 saturated carbocycles. The van der Waals surface area contributed by atoms with E-state index in [1.54, 1.807) is 13.8 Å². The Morgan fingerprint density at radius 1 is 1.24 bits per heavy atom. The van der Waals surface area contributed by atoms with Crippen molar-refractivity contribution < 1.29 is 29.3 Å². The number of Topliss-reactive ketones (excluding diaryl/α,β-unsaturated/α-hetero) is 1. The van der Waals surface area contributed by atoms with Gasteiger partial charge in [0.1, 0.15) is 6.10 Å². The molecule has 0 aromatic carbocycles. The molecule has 0 saturated heterocycles. The number of esters is 1. The summed E-state index contributed by atoms with van der Waals surface area (Å²) in [5.74, 6) is -2.38. The fourth-order valence-corrected chi connectivity index (χ4v) is 9.05. The van der Waals surface area contributed by atoms with Crippen molar-refractivity contribution in [3.05, 3.63) is 12.2 Å². The summed E-state index contributed by atoms with van der Waals surface area (Å²) >= 11 is 0. The summed E-state index contributed by atoms with van der Waals surface area (Å²) in [6.45, 7) is 17.3. The Balaban J connectivity index is 2.00. The lowest BCUT2D eigenvalue weighted by Crippen LogP contribution is -2.72. The highest BCUT2D eigenvalue weighted by molar-refractivity contribution is 6.04. The summed E-state index contributed by atoms with van der Waals surface area (Å²) in [6.07, 6.45) is 2.04. The number of ketones is 1. The molecule has 4 aliphatic rings. The lowest BCUT2D eigenvalue weighted by atomic mass is 9.36. The fraction of sp³-hybridized carbons (Fsp3) is 0.852. The van der Waals surface area contributed by atoms with E-state index in [2.05, 4.69) is 27.4 Å². The van der Waals surface area contributed by atoms with Crippen molar-refractivity contribution in [1.29, 1.82) is 0 Å². The third kappa shape index (κ3) is 3.30. The minimum absolute atomic E-state index is 0.0352. The SMILES string of the molecule is C=C1C(=O)[C@]23[C@H](C)[C@H]1CC(O)[C@H]2[C@]1([C@H](C)OC(C)=O)CCCC(C)(C)[C@H]1C[C@H]3OC(C)(C)O. The number of hydrogen-bond donors (Lipinski definition) is 2. The summed E-state index contributed by atoms with van der Waals surface area (Å²) in [5, 5.41) is 22.5. The Bertz CT molecular complexity index is 855. The molecule has 0 heterocycles. The summed E-state index contributed by atoms with van der Waals surface area (Å²) < 4.78 is 12.2. The molecule has 9 atom stereocenters. The number of ether oxygens (including phenoxy) is 2. The molecule has 0 aromatic heterocycles. The highest BCUT2D eigenvalue weighted by Gasteiger charge is 2.77. The number of carbonyl (C=O) groups is 2. The van der Waals surface area contributed by atoms with Gasteiger partial charge in [-0.1, -0.05) is 33.8 Å². The quantitative estimate of drug-likeness (QED) is 0.372. The topological polar surface area (TPSA) is 93.1 Å². The lowest BCUT2D eigenvalue weighted by molar-refractivity contribution is -0.311. The molecule has 186 valence electrons. The number of aliphatic hydroxyl groups excluding tert-OH is 1. The van der Waals surface area contributed by atoms with E-state index >= 15 is 0 Å². The van der Waals surface area contributed by atoms with Gasteiger partial charge in [-0.15, -0.1) is 0 Å². The molecule has 33 heavy (non-hydrogen) atoms. The Morgan fingerprint density at radius 3 is 2.45 bits per heavy atom. The van der Waals surface area contributed by atoms with Gasteiger partial charge in [-0.2, -0.15) is 0 Å². The third-order valence-corrected chi connectivity index (χ3v) is 10.00. The monoisotopic (exact) mass is 462 g/mol. The van der Waals surface area contributed by atoms with Crippen LogP contribution in [0, 0.1) is 39.9 Å². The number of hydrogen-bond acceptors (Lipinski definition) is 6. The van der Waals surface area contributed by atoms with Crippen LogP contribution in [0.25, 0.3) is 0 Å². The number of carbonyl (C=O) groups excluding carboxylic acids is 2. The van der Waals surface area contributed by atoms with E-state index in [1.165, 1.54) is 6.92 Å². The predicted octanol–water partition coefficient (Wildman–Crippen LogP) is 4.03. The maximum atomic E-state index is 14.1. The van der Waals surface area contributed by atoms with Crippen LogP contribution >= 0.6 is 0 Å². The van der Waals surface area contributed by atoms with Crippen LogP contribution in [0.5, 0.6) is 0 Å². The van der Waals surface area contributed by atoms with Gasteiger partial charge in [0, 0.05) is 18.3 Å². The number of aliphatic hydroxyl groups is 2. The second-order valence-electron chi connectivity index (χ2n) is 12.5. The largest absolute Gasteiger partial charge is 0.462 e. The molecular weight excluding hydrogens is 420 g/mol. The molecule has 0 aliphatic heterocycles. The van der Waals surface area contributed by atoms with Crippen molar-refractivity contribution in [3.8, 4) is 0 Å². The molecule has 4 rings (SSSR count). The second kappa shape index (κ2) is 7.63. The predicted molar refractivity (Wildman–Crippen MR) is 124 cm³/mol. The minimum Gasteiger partial charge on any atom is -0.462 e. The zero-order chi connectivity index (χ0) is 24.7. The van der Waals surface area contributed by atoms with Gasteiger partial charge in [0.25, 0.3) is 0 Å². The Morgan fingerprint density at radius 2 is 1.88 bits per heavy atom. The fourth-order valence-electron chi connectivity index (χ4n) is 9.05. The van der Waals surface area contributed by atoms with Crippen LogP contribution in [0.15, 0.2) is 12.2 Å². The molecule has 1 unspecified atom stereocenters. The van der Waals surface area contributed by atoms with Gasteiger partial charge in [0.05, 0.1) is 17.6 Å². The Labute approximate surface area is 198 Å². The van der Waals surface area contributed by atoms with Crippen molar-refractivity contribution in [3.63, 3.8) is 0 Å². The van der Waals surface area contributed by atoms with Crippen LogP contribution < -0.4 is 0 Å². The molecular formula is C27H42O6. The molecule has 6 nitrogen and oxygen atoms in total. The average molecular weight is 463 g/mol. The molecule has 1 spiro atoms. The second-order valence-corrected chi connectivity index (χ2v) is 12.5. The van der Waals surface area contributed by atoms with Crippen molar-refractivity contribution in [2.24, 2.45) is 39.9 Å². The summed E-state index contributed by atoms with van der Waals surface area (Å²) in [6, 6.07) is 0. The normalized spacial score (nSPS) is 45.2.